The molecule has 102 valence electrons. The molecule has 3 amide bonds. The van der Waals surface area contributed by atoms with Crippen molar-refractivity contribution in [1.29, 1.82) is 0 Å². The molecule has 0 spiro atoms. The van der Waals surface area contributed by atoms with Crippen LogP contribution in [0.3, 0.4) is 0 Å². The fraction of sp³-hybridized carbons (Fsp3) is 0.700. The number of nitrogens with one attached hydrogen (secondary N) is 1. The largest absolute Gasteiger partial charge is 0.480 e. The van der Waals surface area contributed by atoms with Gasteiger partial charge in [0.1, 0.15) is 12.6 Å². The predicted molar refractivity (Wildman–Crippen MR) is 59.9 cm³/mol. The normalized spacial score (nSPS) is 18.6. The van der Waals surface area contributed by atoms with E-state index in [1.54, 1.807) is 6.92 Å². The fourth-order valence-corrected chi connectivity index (χ4v) is 1.96. The van der Waals surface area contributed by atoms with Gasteiger partial charge in [0.25, 0.3) is 5.91 Å². The number of urea groups is 1. The van der Waals surface area contributed by atoms with Crippen LogP contribution >= 0.6 is 0 Å². The summed E-state index contributed by atoms with van der Waals surface area (Å²) in [5.41, 5.74) is 1.44. The highest BCUT2D eigenvalue weighted by Crippen LogP contribution is 2.19. The molecular weight excluding hydrogens is 242 g/mol. The topological polar surface area (TPSA) is 110 Å². The number of hydrogen-bond acceptors (Lipinski definition) is 4. The lowest BCUT2D eigenvalue weighted by molar-refractivity contribution is -0.141. The maximum absolute atomic E-state index is 12.1. The number of hydrogen-bond donors (Lipinski definition) is 3. The van der Waals surface area contributed by atoms with E-state index in [4.69, 9.17) is 10.3 Å². The van der Waals surface area contributed by atoms with E-state index in [0.717, 1.165) is 0 Å². The summed E-state index contributed by atoms with van der Waals surface area (Å²) in [4.78, 5) is 36.5. The van der Waals surface area contributed by atoms with Gasteiger partial charge < -0.3 is 14.9 Å². The SMILES string of the molecule is CCN(CC(=O)NO)C(=O)N1CCC[C@H]1C(=O)O. The van der Waals surface area contributed by atoms with Crippen molar-refractivity contribution in [2.24, 2.45) is 0 Å². The van der Waals surface area contributed by atoms with Gasteiger partial charge in [-0.3, -0.25) is 10.0 Å². The lowest BCUT2D eigenvalue weighted by atomic mass is 10.2. The van der Waals surface area contributed by atoms with Crippen molar-refractivity contribution in [2.45, 2.75) is 25.8 Å². The monoisotopic (exact) mass is 259 g/mol. The van der Waals surface area contributed by atoms with Crippen LogP contribution in [0.2, 0.25) is 0 Å². The lowest BCUT2D eigenvalue weighted by Crippen LogP contribution is -2.50. The molecule has 0 bridgehead atoms. The second kappa shape index (κ2) is 6.20. The first-order valence-electron chi connectivity index (χ1n) is 5.72. The van der Waals surface area contributed by atoms with Crippen molar-refractivity contribution in [2.75, 3.05) is 19.6 Å². The van der Waals surface area contributed by atoms with Gasteiger partial charge in [0.2, 0.25) is 0 Å². The van der Waals surface area contributed by atoms with Crippen molar-refractivity contribution < 1.29 is 24.7 Å². The highest BCUT2D eigenvalue weighted by Gasteiger charge is 2.36. The van der Waals surface area contributed by atoms with E-state index in [-0.39, 0.29) is 13.1 Å². The summed E-state index contributed by atoms with van der Waals surface area (Å²) < 4.78 is 0. The van der Waals surface area contributed by atoms with Crippen LogP contribution in [-0.4, -0.2) is 63.7 Å². The average molecular weight is 259 g/mol. The Hall–Kier alpha value is -1.83. The second-order valence-corrected chi connectivity index (χ2v) is 4.02. The smallest absolute Gasteiger partial charge is 0.326 e. The second-order valence-electron chi connectivity index (χ2n) is 4.02. The molecular formula is C10H17N3O5. The molecule has 1 rings (SSSR count). The standard InChI is InChI=1S/C10H17N3O5/c1-2-12(6-8(14)11-18)10(17)13-5-3-4-7(13)9(15)16/h7,18H,2-6H2,1H3,(H,11,14)(H,15,16)/t7-/m0/s1. The summed E-state index contributed by atoms with van der Waals surface area (Å²) in [6.07, 6.45) is 1.05. The van der Waals surface area contributed by atoms with Gasteiger partial charge in [0.15, 0.2) is 0 Å². The zero-order valence-electron chi connectivity index (χ0n) is 10.1. The highest BCUT2D eigenvalue weighted by atomic mass is 16.5. The maximum Gasteiger partial charge on any atom is 0.326 e. The van der Waals surface area contributed by atoms with Crippen LogP contribution in [0, 0.1) is 0 Å². The van der Waals surface area contributed by atoms with E-state index in [9.17, 15) is 14.4 Å². The molecule has 3 N–H and O–H groups in total. The molecule has 1 aliphatic rings. The fourth-order valence-electron chi connectivity index (χ4n) is 1.96. The third kappa shape index (κ3) is 3.10. The molecule has 8 heteroatoms. The van der Waals surface area contributed by atoms with Crippen molar-refractivity contribution in [3.63, 3.8) is 0 Å². The minimum Gasteiger partial charge on any atom is -0.480 e. The molecule has 0 aliphatic carbocycles. The molecule has 1 heterocycles. The number of carboxylic acids is 1. The predicted octanol–water partition coefficient (Wildman–Crippen LogP) is -0.517. The third-order valence-electron chi connectivity index (χ3n) is 2.89. The Morgan fingerprint density at radius 2 is 2.11 bits per heavy atom. The summed E-state index contributed by atoms with van der Waals surface area (Å²) in [5, 5.41) is 17.4. The number of carboxylic acid groups (broad SMARTS) is 1. The number of nitrogens with zero attached hydrogens (tertiary/aromatic N) is 2. The lowest BCUT2D eigenvalue weighted by Gasteiger charge is -2.28. The van der Waals surface area contributed by atoms with Gasteiger partial charge in [-0.15, -0.1) is 0 Å². The molecule has 0 aromatic heterocycles. The zero-order valence-corrected chi connectivity index (χ0v) is 10.1. The van der Waals surface area contributed by atoms with Crippen LogP contribution in [0.25, 0.3) is 0 Å². The molecule has 0 aromatic carbocycles. The molecule has 1 aliphatic heterocycles. The molecule has 0 unspecified atom stereocenters. The van der Waals surface area contributed by atoms with Crippen LogP contribution in [0.15, 0.2) is 0 Å². The van der Waals surface area contributed by atoms with Crippen LogP contribution in [0.4, 0.5) is 4.79 Å². The van der Waals surface area contributed by atoms with Gasteiger partial charge in [-0.2, -0.15) is 0 Å². The number of likely N-dealkylation sites (tertiary alicyclic amines) is 1. The van der Waals surface area contributed by atoms with Crippen LogP contribution in [0.1, 0.15) is 19.8 Å². The molecule has 0 aromatic rings. The number of aliphatic carboxylic acids is 1. The minimum atomic E-state index is -1.04. The summed E-state index contributed by atoms with van der Waals surface area (Å²) in [5.74, 6) is -1.75. The molecule has 1 atom stereocenters. The Kier molecular flexibility index (Phi) is 4.90. The first-order chi connectivity index (χ1) is 8.51. The number of likely N-dealkylation sites (N-methyl/N-ethyl adjacent to an activating group) is 1. The summed E-state index contributed by atoms with van der Waals surface area (Å²) >= 11 is 0. The van der Waals surface area contributed by atoms with Crippen molar-refractivity contribution >= 4 is 17.9 Å². The summed E-state index contributed by atoms with van der Waals surface area (Å²) in [6.45, 7) is 2.01. The van der Waals surface area contributed by atoms with Gasteiger partial charge in [0, 0.05) is 13.1 Å². The first-order valence-corrected chi connectivity index (χ1v) is 5.72. The summed E-state index contributed by atoms with van der Waals surface area (Å²) in [7, 11) is 0. The van der Waals surface area contributed by atoms with E-state index in [1.807, 2.05) is 0 Å². The zero-order chi connectivity index (χ0) is 13.7. The first kappa shape index (κ1) is 14.2. The average Bonchev–Trinajstić information content (AvgIpc) is 2.83. The third-order valence-corrected chi connectivity index (χ3v) is 2.89. The Morgan fingerprint density at radius 1 is 1.44 bits per heavy atom. The number of carbonyl (C=O) groups excluding carboxylic acids is 2. The summed E-state index contributed by atoms with van der Waals surface area (Å²) in [6, 6.07) is -1.32. The molecule has 1 saturated heterocycles. The Balaban J connectivity index is 2.71. The Morgan fingerprint density at radius 3 is 2.61 bits per heavy atom. The molecule has 1 fully saturated rings. The van der Waals surface area contributed by atoms with E-state index in [2.05, 4.69) is 0 Å². The molecule has 0 radical (unpaired) electrons. The molecule has 8 nitrogen and oxygen atoms in total. The van der Waals surface area contributed by atoms with E-state index in [0.29, 0.717) is 19.4 Å². The highest BCUT2D eigenvalue weighted by molar-refractivity contribution is 5.86. The molecule has 0 saturated carbocycles. The van der Waals surface area contributed by atoms with Crippen molar-refractivity contribution in [1.82, 2.24) is 15.3 Å². The number of amides is 3. The quantitative estimate of drug-likeness (QED) is 0.465. The van der Waals surface area contributed by atoms with Crippen LogP contribution in [-0.2, 0) is 9.59 Å². The van der Waals surface area contributed by atoms with Gasteiger partial charge in [-0.1, -0.05) is 0 Å². The number of hydroxylamine groups is 1. The van der Waals surface area contributed by atoms with E-state index >= 15 is 0 Å². The van der Waals surface area contributed by atoms with Crippen molar-refractivity contribution in [3.05, 3.63) is 0 Å². The van der Waals surface area contributed by atoms with Gasteiger partial charge >= 0.3 is 12.0 Å². The maximum atomic E-state index is 12.1. The molecule has 18 heavy (non-hydrogen) atoms. The minimum absolute atomic E-state index is 0.259. The number of rotatable bonds is 4. The number of carbonyl (C=O) groups is 3. The van der Waals surface area contributed by atoms with Crippen LogP contribution < -0.4 is 5.48 Å². The van der Waals surface area contributed by atoms with Crippen molar-refractivity contribution in [3.8, 4) is 0 Å². The van der Waals surface area contributed by atoms with Gasteiger partial charge in [-0.25, -0.2) is 15.1 Å². The van der Waals surface area contributed by atoms with Gasteiger partial charge in [-0.05, 0) is 19.8 Å². The van der Waals surface area contributed by atoms with Gasteiger partial charge in [0.05, 0.1) is 0 Å². The van der Waals surface area contributed by atoms with Crippen LogP contribution in [0.5, 0.6) is 0 Å². The van der Waals surface area contributed by atoms with E-state index in [1.165, 1.54) is 15.3 Å². The Bertz CT molecular complexity index is 346. The Labute approximate surface area is 104 Å². The van der Waals surface area contributed by atoms with E-state index < -0.39 is 23.9 Å².